The molecule has 0 spiro atoms. The van der Waals surface area contributed by atoms with Crippen LogP contribution in [0, 0.1) is 18.3 Å². The minimum atomic E-state index is -0.0593. The minimum Gasteiger partial charge on any atom is -0.338 e. The molecule has 9 rings (SSSR count). The number of anilines is 1. The predicted octanol–water partition coefficient (Wildman–Crippen LogP) is 14.1. The van der Waals surface area contributed by atoms with Gasteiger partial charge in [-0.25, -0.2) is 0 Å². The first-order valence-electron chi connectivity index (χ1n) is 22.7. The van der Waals surface area contributed by atoms with Gasteiger partial charge in [0.2, 0.25) is 0 Å². The van der Waals surface area contributed by atoms with Gasteiger partial charge < -0.3 is 4.90 Å². The number of rotatable bonds is 15. The van der Waals surface area contributed by atoms with Gasteiger partial charge in [-0.1, -0.05) is 115 Å². The molecule has 67 heavy (non-hydrogen) atoms. The van der Waals surface area contributed by atoms with Gasteiger partial charge in [-0.3, -0.25) is 19.9 Å². The van der Waals surface area contributed by atoms with E-state index in [1.54, 1.807) is 11.8 Å². The van der Waals surface area contributed by atoms with Crippen molar-refractivity contribution in [2.75, 3.05) is 11.4 Å². The lowest BCUT2D eigenvalue weighted by Crippen LogP contribution is -2.24. The molecule has 0 amide bonds. The summed E-state index contributed by atoms with van der Waals surface area (Å²) in [7, 11) is 0. The quantitative estimate of drug-likeness (QED) is 0.0445. The Morgan fingerprint density at radius 1 is 0.731 bits per heavy atom. The Balaban J connectivity index is 1.13. The molecule has 324 valence electrons. The molecule has 3 aromatic heterocycles. The first kappa shape index (κ1) is 44.2. The molecule has 0 saturated carbocycles. The molecule has 1 unspecified atom stereocenters. The Morgan fingerprint density at radius 3 is 2.09 bits per heavy atom. The maximum absolute atomic E-state index is 6.31. The first-order valence-corrected chi connectivity index (χ1v) is 23.5. The fourth-order valence-corrected chi connectivity index (χ4v) is 9.54. The van der Waals surface area contributed by atoms with E-state index in [1.165, 1.54) is 11.1 Å². The number of nitrogens with zero attached hydrogens (tertiary/aromatic N) is 5. The second-order valence-corrected chi connectivity index (χ2v) is 17.3. The van der Waals surface area contributed by atoms with E-state index in [-0.39, 0.29) is 5.92 Å². The van der Waals surface area contributed by atoms with Crippen molar-refractivity contribution in [3.63, 3.8) is 0 Å². The standard InChI is InChI=1S/C61H49N5S/c1-4-45(5-2)44(3)60(32-21-25-47-23-9-11-27-52(47)56-28-7-6-16-35-62-56)66(39-20-15-24-46-22-8-10-26-51(46)57-29-12-17-36-63-57)49-33-34-61-53(42-49)48-40-50(67-61)43-55(59-31-14-19-38-65-59)54(41-48)58-30-13-18-37-64-58/h1,6,8-23,26-38,41-43,45H,5,24-25,39H2,2-3H3/b20-15-,32-21-,60-44-. The van der Waals surface area contributed by atoms with E-state index in [4.69, 9.17) is 21.4 Å². The normalized spacial score (nSPS) is 14.7. The number of hydrogen-bond acceptors (Lipinski definition) is 6. The largest absolute Gasteiger partial charge is 0.338 e. The van der Waals surface area contributed by atoms with Gasteiger partial charge in [-0.05, 0) is 128 Å². The molecular formula is C61H49N5S. The number of aromatic nitrogens is 3. The highest BCUT2D eigenvalue weighted by Gasteiger charge is 2.25. The van der Waals surface area contributed by atoms with Crippen LogP contribution in [0.5, 0.6) is 0 Å². The summed E-state index contributed by atoms with van der Waals surface area (Å²) in [6, 6.07) is 41.9. The summed E-state index contributed by atoms with van der Waals surface area (Å²) >= 11 is 1.73. The fraction of sp³-hybridized carbons (Fsp3) is 0.115. The Labute approximate surface area is 398 Å². The van der Waals surface area contributed by atoms with Crippen molar-refractivity contribution >= 4 is 39.9 Å². The van der Waals surface area contributed by atoms with Gasteiger partial charge in [0, 0.05) is 93.0 Å². The van der Waals surface area contributed by atoms with Crippen LogP contribution < -0.4 is 4.90 Å². The summed E-state index contributed by atoms with van der Waals surface area (Å²) < 4.78 is 0. The van der Waals surface area contributed by atoms with Gasteiger partial charge in [0.1, 0.15) is 0 Å². The van der Waals surface area contributed by atoms with Crippen molar-refractivity contribution in [2.45, 2.75) is 38.0 Å². The van der Waals surface area contributed by atoms with Crippen molar-refractivity contribution in [2.24, 2.45) is 10.9 Å². The zero-order chi connectivity index (χ0) is 45.8. The van der Waals surface area contributed by atoms with Crippen molar-refractivity contribution < 1.29 is 0 Å². The number of thioether (sulfide) groups is 1. The third kappa shape index (κ3) is 10.3. The maximum atomic E-state index is 6.31. The van der Waals surface area contributed by atoms with Crippen LogP contribution in [0.25, 0.3) is 28.0 Å². The smallest absolute Gasteiger partial charge is 0.0781 e. The molecule has 6 aromatic rings. The number of allylic oxidation sites excluding steroid dienone is 10. The lowest BCUT2D eigenvalue weighted by Gasteiger charge is -2.29. The number of hydrogen-bond donors (Lipinski definition) is 0. The molecule has 2 bridgehead atoms. The molecule has 5 nitrogen and oxygen atoms in total. The van der Waals surface area contributed by atoms with Crippen LogP contribution in [-0.2, 0) is 12.8 Å². The number of fused-ring (bicyclic) bond motifs is 2. The number of pyridine rings is 3. The summed E-state index contributed by atoms with van der Waals surface area (Å²) in [5.41, 5.74) is 22.6. The first-order chi connectivity index (χ1) is 33.1. The summed E-state index contributed by atoms with van der Waals surface area (Å²) in [6.45, 7) is 4.96. The third-order valence-corrected chi connectivity index (χ3v) is 13.0. The summed E-state index contributed by atoms with van der Waals surface area (Å²) in [4.78, 5) is 23.6. The van der Waals surface area contributed by atoms with E-state index in [0.29, 0.717) is 13.0 Å². The van der Waals surface area contributed by atoms with Crippen LogP contribution in [0.15, 0.2) is 238 Å². The maximum Gasteiger partial charge on any atom is 0.0781 e. The van der Waals surface area contributed by atoms with Crippen LogP contribution in [0.3, 0.4) is 0 Å². The molecule has 0 fully saturated rings. The van der Waals surface area contributed by atoms with Gasteiger partial charge in [0.25, 0.3) is 0 Å². The molecular weight excluding hydrogens is 835 g/mol. The van der Waals surface area contributed by atoms with Crippen LogP contribution >= 0.6 is 11.8 Å². The number of aliphatic imine (C=N–C) groups is 1. The Bertz CT molecular complexity index is 3200. The molecule has 0 saturated heterocycles. The topological polar surface area (TPSA) is 54.3 Å². The number of terminal acetylenes is 1. The van der Waals surface area contributed by atoms with Gasteiger partial charge in [0.15, 0.2) is 0 Å². The van der Waals surface area contributed by atoms with Gasteiger partial charge in [-0.2, -0.15) is 0 Å². The molecule has 1 aliphatic carbocycles. The average molecular weight is 884 g/mol. The van der Waals surface area contributed by atoms with E-state index < -0.39 is 0 Å². The Kier molecular flexibility index (Phi) is 14.1. The molecule has 3 aliphatic rings. The Morgan fingerprint density at radius 2 is 1.39 bits per heavy atom. The van der Waals surface area contributed by atoms with Crippen molar-refractivity contribution in [1.29, 1.82) is 0 Å². The molecule has 0 radical (unpaired) electrons. The third-order valence-electron chi connectivity index (χ3n) is 12.0. The fourth-order valence-electron chi connectivity index (χ4n) is 8.55. The van der Waals surface area contributed by atoms with Gasteiger partial charge in [0.05, 0.1) is 27.7 Å². The summed E-state index contributed by atoms with van der Waals surface area (Å²) in [5, 5.41) is 0. The lowest BCUT2D eigenvalue weighted by molar-refractivity contribution is 0.738. The average Bonchev–Trinajstić information content (AvgIpc) is 3.75. The van der Waals surface area contributed by atoms with E-state index in [9.17, 15) is 0 Å². The predicted molar refractivity (Wildman–Crippen MR) is 280 cm³/mol. The molecule has 1 atom stereocenters. The monoisotopic (exact) mass is 883 g/mol. The molecule has 5 heterocycles. The lowest BCUT2D eigenvalue weighted by atomic mass is 9.94. The van der Waals surface area contributed by atoms with Crippen molar-refractivity contribution in [3.05, 3.63) is 262 Å². The second kappa shape index (κ2) is 21.3. The van der Waals surface area contributed by atoms with Crippen LogP contribution in [0.4, 0.5) is 5.69 Å². The van der Waals surface area contributed by atoms with Crippen LogP contribution in [0.2, 0.25) is 0 Å². The van der Waals surface area contributed by atoms with Crippen LogP contribution in [-0.4, -0.2) is 27.2 Å². The molecule has 6 heteroatoms. The minimum absolute atomic E-state index is 0.0593. The Hall–Kier alpha value is -8.03. The number of benzene rings is 3. The highest BCUT2D eigenvalue weighted by molar-refractivity contribution is 8.03. The highest BCUT2D eigenvalue weighted by atomic mass is 32.2. The van der Waals surface area contributed by atoms with E-state index in [1.807, 2.05) is 79.4 Å². The van der Waals surface area contributed by atoms with Crippen molar-refractivity contribution in [3.8, 4) is 23.6 Å². The second-order valence-electron chi connectivity index (χ2n) is 16.2. The van der Waals surface area contributed by atoms with Crippen LogP contribution in [0.1, 0.15) is 53.9 Å². The van der Waals surface area contributed by atoms with E-state index in [2.05, 4.69) is 162 Å². The van der Waals surface area contributed by atoms with Gasteiger partial charge in [-0.15, -0.1) is 12.2 Å². The van der Waals surface area contributed by atoms with E-state index >= 15 is 0 Å². The van der Waals surface area contributed by atoms with E-state index in [0.717, 1.165) is 95.8 Å². The summed E-state index contributed by atoms with van der Waals surface area (Å²) in [5.74, 6) is 3.06. The molecule has 0 N–H and O–H groups in total. The molecule has 3 aromatic carbocycles. The zero-order valence-corrected chi connectivity index (χ0v) is 38.5. The zero-order valence-electron chi connectivity index (χ0n) is 37.7. The van der Waals surface area contributed by atoms with Gasteiger partial charge >= 0.3 is 0 Å². The summed E-state index contributed by atoms with van der Waals surface area (Å²) in [6.07, 6.45) is 35.2. The highest BCUT2D eigenvalue weighted by Crippen LogP contribution is 2.46. The SMILES string of the molecule is C#CC(CC)/C(C)=C(/C=C\Cc1ccccc1C1=NC=CC=C=C1)N(C/C=C\Cc1ccccc1-c1ccccn1)c1ccc2c(c1)C1=C=C(C=C(c3ccccn3)C(c3ccccn3)=C1)S2. The molecule has 2 aliphatic heterocycles. The van der Waals surface area contributed by atoms with Crippen molar-refractivity contribution in [1.82, 2.24) is 15.0 Å².